The van der Waals surface area contributed by atoms with Gasteiger partial charge in [0.05, 0.1) is 12.7 Å². The smallest absolute Gasteiger partial charge is 0.257 e. The topological polar surface area (TPSA) is 54.5 Å². The molecule has 0 spiro atoms. The number of pyridine rings is 1. The summed E-state index contributed by atoms with van der Waals surface area (Å²) in [6.07, 6.45) is 3.78. The lowest BCUT2D eigenvalue weighted by Crippen LogP contribution is -2.31. The first-order valence-corrected chi connectivity index (χ1v) is 11.8. The lowest BCUT2D eigenvalue weighted by Gasteiger charge is -2.35. The van der Waals surface area contributed by atoms with Gasteiger partial charge in [-0.25, -0.2) is 0 Å². The van der Waals surface area contributed by atoms with Crippen LogP contribution in [0.3, 0.4) is 0 Å². The van der Waals surface area contributed by atoms with Gasteiger partial charge in [0.2, 0.25) is 0 Å². The maximum atomic E-state index is 12.8. The Kier molecular flexibility index (Phi) is 7.01. The van der Waals surface area contributed by atoms with Crippen LogP contribution in [0, 0.1) is 20.8 Å². The normalized spacial score (nSPS) is 14.1. The van der Waals surface area contributed by atoms with Crippen LogP contribution in [0.15, 0.2) is 61.3 Å². The number of carbonyl (C=O) groups excluding carboxylic acids is 1. The molecule has 3 aromatic rings. The maximum Gasteiger partial charge on any atom is 0.257 e. The zero-order valence-corrected chi connectivity index (χ0v) is 20.5. The highest BCUT2D eigenvalue weighted by Crippen LogP contribution is 2.34. The molecule has 0 unspecified atom stereocenters. The van der Waals surface area contributed by atoms with E-state index in [1.54, 1.807) is 19.4 Å². The van der Waals surface area contributed by atoms with Crippen LogP contribution in [0.5, 0.6) is 5.75 Å². The molecule has 2 heterocycles. The number of nitrogens with one attached hydrogen (secondary N) is 1. The summed E-state index contributed by atoms with van der Waals surface area (Å²) in [5.74, 6) is 1.29. The van der Waals surface area contributed by atoms with Gasteiger partial charge in [0, 0.05) is 41.9 Å². The monoisotopic (exact) mass is 455 g/mol. The molecule has 2 aromatic carbocycles. The van der Waals surface area contributed by atoms with E-state index in [9.17, 15) is 4.79 Å². The molecule has 1 aliphatic heterocycles. The number of rotatable bonds is 6. The summed E-state index contributed by atoms with van der Waals surface area (Å²) in [6.45, 7) is 12.4. The minimum absolute atomic E-state index is 0.156. The number of ether oxygens (including phenoxy) is 1. The van der Waals surface area contributed by atoms with Gasteiger partial charge in [-0.2, -0.15) is 0 Å². The summed E-state index contributed by atoms with van der Waals surface area (Å²) in [4.78, 5) is 19.4. The van der Waals surface area contributed by atoms with Crippen molar-refractivity contribution in [3.05, 3.63) is 94.8 Å². The van der Waals surface area contributed by atoms with Crippen LogP contribution < -0.4 is 10.1 Å². The average Bonchev–Trinajstić information content (AvgIpc) is 2.86. The fraction of sp³-hybridized carbons (Fsp3) is 0.310. The molecule has 5 heteroatoms. The Labute approximate surface area is 202 Å². The Morgan fingerprint density at radius 1 is 1.03 bits per heavy atom. The molecular formula is C29H33N3O2. The summed E-state index contributed by atoms with van der Waals surface area (Å²) in [5.41, 5.74) is 7.89. The first kappa shape index (κ1) is 23.6. The van der Waals surface area contributed by atoms with Crippen molar-refractivity contribution in [2.24, 2.45) is 0 Å². The molecule has 0 aliphatic carbocycles. The maximum absolute atomic E-state index is 12.8. The van der Waals surface area contributed by atoms with Crippen LogP contribution in [0.4, 0.5) is 5.69 Å². The Morgan fingerprint density at radius 2 is 1.74 bits per heavy atom. The summed E-state index contributed by atoms with van der Waals surface area (Å²) < 4.78 is 5.29. The number of aromatic nitrogens is 1. The SMILES string of the molecule is C=C(c1cc(NC(=O)c2ccc(C)nc2)c(C)cc1C)N1CCC(c2ccc(OC)cc2)CC1. The Hall–Kier alpha value is -3.60. The molecule has 1 N–H and O–H groups in total. The number of hydrogen-bond donors (Lipinski definition) is 1. The molecule has 1 amide bonds. The van der Waals surface area contributed by atoms with Crippen molar-refractivity contribution in [1.82, 2.24) is 9.88 Å². The number of likely N-dealkylation sites (tertiary alicyclic amines) is 1. The molecule has 1 fully saturated rings. The van der Waals surface area contributed by atoms with Crippen molar-refractivity contribution in [3.63, 3.8) is 0 Å². The first-order valence-electron chi connectivity index (χ1n) is 11.8. The van der Waals surface area contributed by atoms with Crippen LogP contribution in [-0.4, -0.2) is 36.0 Å². The molecule has 0 atom stereocenters. The van der Waals surface area contributed by atoms with Crippen molar-refractivity contribution in [2.45, 2.75) is 39.5 Å². The summed E-state index contributed by atoms with van der Waals surface area (Å²) in [7, 11) is 1.70. The fourth-order valence-corrected chi connectivity index (χ4v) is 4.62. The number of piperidine rings is 1. The Bertz CT molecular complexity index is 1180. The van der Waals surface area contributed by atoms with Crippen LogP contribution >= 0.6 is 0 Å². The third kappa shape index (κ3) is 5.14. The van der Waals surface area contributed by atoms with E-state index in [2.05, 4.69) is 53.0 Å². The van der Waals surface area contributed by atoms with E-state index in [-0.39, 0.29) is 5.91 Å². The summed E-state index contributed by atoms with van der Waals surface area (Å²) >= 11 is 0. The van der Waals surface area contributed by atoms with E-state index in [0.717, 1.165) is 65.4 Å². The highest BCUT2D eigenvalue weighted by Gasteiger charge is 2.23. The molecule has 176 valence electrons. The van der Waals surface area contributed by atoms with Gasteiger partial charge in [-0.05, 0) is 86.6 Å². The average molecular weight is 456 g/mol. The highest BCUT2D eigenvalue weighted by molar-refractivity contribution is 6.04. The van der Waals surface area contributed by atoms with E-state index in [1.165, 1.54) is 5.56 Å². The van der Waals surface area contributed by atoms with E-state index < -0.39 is 0 Å². The molecule has 5 nitrogen and oxygen atoms in total. The second-order valence-electron chi connectivity index (χ2n) is 9.11. The van der Waals surface area contributed by atoms with Crippen molar-refractivity contribution >= 4 is 17.3 Å². The van der Waals surface area contributed by atoms with E-state index in [4.69, 9.17) is 4.74 Å². The zero-order valence-electron chi connectivity index (χ0n) is 20.5. The predicted octanol–water partition coefficient (Wildman–Crippen LogP) is 6.12. The van der Waals surface area contributed by atoms with Crippen LogP contribution in [0.2, 0.25) is 0 Å². The molecular weight excluding hydrogens is 422 g/mol. The minimum atomic E-state index is -0.156. The number of amides is 1. The quantitative estimate of drug-likeness (QED) is 0.487. The number of benzene rings is 2. The molecule has 34 heavy (non-hydrogen) atoms. The highest BCUT2D eigenvalue weighted by atomic mass is 16.5. The Balaban J connectivity index is 1.45. The van der Waals surface area contributed by atoms with Crippen LogP contribution in [0.1, 0.15) is 57.1 Å². The molecule has 4 rings (SSSR count). The third-order valence-corrected chi connectivity index (χ3v) is 6.77. The predicted molar refractivity (Wildman–Crippen MR) is 138 cm³/mol. The van der Waals surface area contributed by atoms with Gasteiger partial charge < -0.3 is 15.0 Å². The second-order valence-corrected chi connectivity index (χ2v) is 9.11. The third-order valence-electron chi connectivity index (χ3n) is 6.77. The van der Waals surface area contributed by atoms with Gasteiger partial charge in [-0.1, -0.05) is 24.8 Å². The molecule has 0 bridgehead atoms. The number of methoxy groups -OCH3 is 1. The van der Waals surface area contributed by atoms with Crippen LogP contribution in [0.25, 0.3) is 5.70 Å². The lowest BCUT2D eigenvalue weighted by molar-refractivity contribution is 0.102. The number of carbonyl (C=O) groups is 1. The first-order chi connectivity index (χ1) is 16.4. The van der Waals surface area contributed by atoms with Gasteiger partial charge in [0.25, 0.3) is 5.91 Å². The van der Waals surface area contributed by atoms with E-state index in [0.29, 0.717) is 11.5 Å². The van der Waals surface area contributed by atoms with E-state index >= 15 is 0 Å². The number of hydrogen-bond acceptors (Lipinski definition) is 4. The van der Waals surface area contributed by atoms with Crippen LogP contribution in [-0.2, 0) is 0 Å². The van der Waals surface area contributed by atoms with E-state index in [1.807, 2.05) is 32.0 Å². The standard InChI is InChI=1S/C29H33N3O2/c1-19-16-20(2)28(31-29(33)25-7-6-21(3)30-18-25)17-27(19)22(4)32-14-12-24(13-15-32)23-8-10-26(34-5)11-9-23/h6-11,16-18,24H,4,12-15H2,1-3,5H3,(H,31,33). The number of anilines is 1. The molecule has 1 aliphatic rings. The van der Waals surface area contributed by atoms with Crippen molar-refractivity contribution in [1.29, 1.82) is 0 Å². The summed E-state index contributed by atoms with van der Waals surface area (Å²) in [5, 5.41) is 3.06. The minimum Gasteiger partial charge on any atom is -0.497 e. The van der Waals surface area contributed by atoms with Gasteiger partial charge >= 0.3 is 0 Å². The molecule has 1 aromatic heterocycles. The van der Waals surface area contributed by atoms with Crippen molar-refractivity contribution in [2.75, 3.05) is 25.5 Å². The van der Waals surface area contributed by atoms with Crippen molar-refractivity contribution < 1.29 is 9.53 Å². The molecule has 0 radical (unpaired) electrons. The number of nitrogens with zero attached hydrogens (tertiary/aromatic N) is 2. The zero-order chi connectivity index (χ0) is 24.2. The van der Waals surface area contributed by atoms with Gasteiger partial charge in [-0.15, -0.1) is 0 Å². The van der Waals surface area contributed by atoms with Gasteiger partial charge in [0.1, 0.15) is 5.75 Å². The van der Waals surface area contributed by atoms with Crippen molar-refractivity contribution in [3.8, 4) is 5.75 Å². The van der Waals surface area contributed by atoms with Gasteiger partial charge in [0.15, 0.2) is 0 Å². The number of aryl methyl sites for hydroxylation is 3. The fourth-order valence-electron chi connectivity index (χ4n) is 4.62. The Morgan fingerprint density at radius 3 is 2.35 bits per heavy atom. The second kappa shape index (κ2) is 10.1. The largest absolute Gasteiger partial charge is 0.497 e. The van der Waals surface area contributed by atoms with Gasteiger partial charge in [-0.3, -0.25) is 9.78 Å². The lowest BCUT2D eigenvalue weighted by atomic mass is 9.88. The molecule has 0 saturated carbocycles. The summed E-state index contributed by atoms with van der Waals surface area (Å²) in [6, 6.07) is 16.3. The molecule has 1 saturated heterocycles.